The van der Waals surface area contributed by atoms with Gasteiger partial charge in [-0.25, -0.2) is 13.1 Å². The molecule has 33 heavy (non-hydrogen) atoms. The molecule has 2 N–H and O–H groups in total. The predicted octanol–water partition coefficient (Wildman–Crippen LogP) is 3.46. The van der Waals surface area contributed by atoms with Crippen molar-refractivity contribution in [1.82, 2.24) is 10.0 Å². The van der Waals surface area contributed by atoms with Crippen molar-refractivity contribution in [2.45, 2.75) is 41.8 Å². The lowest BCUT2D eigenvalue weighted by Crippen LogP contribution is -2.49. The lowest BCUT2D eigenvalue weighted by atomic mass is 9.76. The maximum absolute atomic E-state index is 13.5. The number of ether oxygens (including phenoxy) is 1. The van der Waals surface area contributed by atoms with Crippen LogP contribution in [0, 0.1) is 6.92 Å². The van der Waals surface area contributed by atoms with Crippen molar-refractivity contribution in [3.8, 4) is 0 Å². The predicted molar refractivity (Wildman–Crippen MR) is 125 cm³/mol. The second kappa shape index (κ2) is 8.41. The van der Waals surface area contributed by atoms with E-state index >= 15 is 0 Å². The highest BCUT2D eigenvalue weighted by molar-refractivity contribution is 7.89. The van der Waals surface area contributed by atoms with Gasteiger partial charge in [0, 0.05) is 12.3 Å². The highest BCUT2D eigenvalue weighted by Crippen LogP contribution is 2.49. The summed E-state index contributed by atoms with van der Waals surface area (Å²) in [6, 6.07) is 25.0. The molecule has 3 aromatic rings. The van der Waals surface area contributed by atoms with E-state index in [2.05, 4.69) is 10.0 Å². The van der Waals surface area contributed by atoms with E-state index in [1.54, 1.807) is 24.3 Å². The molecule has 3 aromatic carbocycles. The van der Waals surface area contributed by atoms with Crippen LogP contribution in [-0.2, 0) is 19.6 Å². The standard InChI is InChI=1S/C26H26N2O4S/c1-18-12-14-21(15-13-18)33(30,31)28-24-22(19-8-4-2-5-9-19)26(16-17-32-25(26)29)27-23(24)20-10-6-3-7-11-20/h2-15,22-24,27-28H,16-17H2,1H3/t22-,23-,24-,26-/m1/s1. The molecule has 0 aliphatic carbocycles. The summed E-state index contributed by atoms with van der Waals surface area (Å²) in [7, 11) is -3.85. The molecule has 0 radical (unpaired) electrons. The second-order valence-corrected chi connectivity index (χ2v) is 10.5. The van der Waals surface area contributed by atoms with Crippen molar-refractivity contribution in [3.05, 3.63) is 102 Å². The zero-order valence-electron chi connectivity index (χ0n) is 18.3. The largest absolute Gasteiger partial charge is 0.464 e. The van der Waals surface area contributed by atoms with Crippen LogP contribution in [0.2, 0.25) is 0 Å². The molecule has 2 aliphatic heterocycles. The van der Waals surface area contributed by atoms with Crippen molar-refractivity contribution >= 4 is 16.0 Å². The van der Waals surface area contributed by atoms with E-state index in [1.165, 1.54) is 0 Å². The lowest BCUT2D eigenvalue weighted by Gasteiger charge is -2.30. The number of esters is 1. The van der Waals surface area contributed by atoms with Crippen LogP contribution in [-0.4, -0.2) is 32.6 Å². The first-order chi connectivity index (χ1) is 15.9. The fourth-order valence-corrected chi connectivity index (χ4v) is 6.37. The zero-order chi connectivity index (χ0) is 23.1. The van der Waals surface area contributed by atoms with E-state index in [0.29, 0.717) is 13.0 Å². The summed E-state index contributed by atoms with van der Waals surface area (Å²) >= 11 is 0. The van der Waals surface area contributed by atoms with Crippen LogP contribution >= 0.6 is 0 Å². The van der Waals surface area contributed by atoms with Gasteiger partial charge in [-0.1, -0.05) is 78.4 Å². The van der Waals surface area contributed by atoms with E-state index < -0.39 is 33.6 Å². The summed E-state index contributed by atoms with van der Waals surface area (Å²) in [4.78, 5) is 13.3. The van der Waals surface area contributed by atoms with Crippen molar-refractivity contribution in [3.63, 3.8) is 0 Å². The van der Waals surface area contributed by atoms with Crippen LogP contribution in [0.4, 0.5) is 0 Å². The Balaban J connectivity index is 1.64. The number of hydrogen-bond donors (Lipinski definition) is 2. The number of hydrogen-bond acceptors (Lipinski definition) is 5. The van der Waals surface area contributed by atoms with E-state index in [0.717, 1.165) is 16.7 Å². The van der Waals surface area contributed by atoms with Crippen LogP contribution in [0.25, 0.3) is 0 Å². The fraction of sp³-hybridized carbons (Fsp3) is 0.269. The maximum atomic E-state index is 13.5. The Morgan fingerprint density at radius 3 is 2.09 bits per heavy atom. The van der Waals surface area contributed by atoms with E-state index in [9.17, 15) is 13.2 Å². The molecule has 2 fully saturated rings. The smallest absolute Gasteiger partial charge is 0.327 e. The molecule has 6 nitrogen and oxygen atoms in total. The molecule has 2 aliphatic rings. The van der Waals surface area contributed by atoms with Crippen LogP contribution in [0.3, 0.4) is 0 Å². The normalized spacial score (nSPS) is 27.1. The molecule has 0 bridgehead atoms. The summed E-state index contributed by atoms with van der Waals surface area (Å²) in [6.45, 7) is 2.21. The molecule has 4 atom stereocenters. The monoisotopic (exact) mass is 462 g/mol. The van der Waals surface area contributed by atoms with Crippen molar-refractivity contribution < 1.29 is 17.9 Å². The molecule has 2 saturated heterocycles. The second-order valence-electron chi connectivity index (χ2n) is 8.74. The molecule has 1 spiro atoms. The van der Waals surface area contributed by atoms with E-state index in [-0.39, 0.29) is 10.9 Å². The first-order valence-corrected chi connectivity index (χ1v) is 12.5. The summed E-state index contributed by atoms with van der Waals surface area (Å²) in [6.07, 6.45) is 0.470. The Labute approximate surface area is 194 Å². The number of carbonyl (C=O) groups is 1. The van der Waals surface area contributed by atoms with Gasteiger partial charge in [-0.15, -0.1) is 0 Å². The Kier molecular flexibility index (Phi) is 5.56. The quantitative estimate of drug-likeness (QED) is 0.568. The average molecular weight is 463 g/mol. The van der Waals surface area contributed by atoms with Gasteiger partial charge in [0.05, 0.1) is 23.6 Å². The van der Waals surface area contributed by atoms with Crippen molar-refractivity contribution in [2.75, 3.05) is 6.61 Å². The van der Waals surface area contributed by atoms with Crippen LogP contribution in [0.5, 0.6) is 0 Å². The van der Waals surface area contributed by atoms with E-state index in [1.807, 2.05) is 67.6 Å². The fourth-order valence-electron chi connectivity index (χ4n) is 5.11. The average Bonchev–Trinajstić information content (AvgIpc) is 3.35. The molecular weight excluding hydrogens is 436 g/mol. The third kappa shape index (κ3) is 3.86. The maximum Gasteiger partial charge on any atom is 0.327 e. The molecular formula is C26H26N2O4S. The van der Waals surface area contributed by atoms with Gasteiger partial charge in [-0.05, 0) is 30.2 Å². The summed E-state index contributed by atoms with van der Waals surface area (Å²) in [5.74, 6) is -0.784. The lowest BCUT2D eigenvalue weighted by molar-refractivity contribution is -0.143. The van der Waals surface area contributed by atoms with Gasteiger partial charge in [0.25, 0.3) is 0 Å². The minimum atomic E-state index is -3.85. The number of aryl methyl sites for hydroxylation is 1. The number of benzene rings is 3. The molecule has 0 aromatic heterocycles. The highest BCUT2D eigenvalue weighted by Gasteiger charge is 2.62. The van der Waals surface area contributed by atoms with E-state index in [4.69, 9.17) is 4.74 Å². The zero-order valence-corrected chi connectivity index (χ0v) is 19.1. The van der Waals surface area contributed by atoms with Gasteiger partial charge in [0.15, 0.2) is 0 Å². The Morgan fingerprint density at radius 2 is 1.52 bits per heavy atom. The number of sulfonamides is 1. The Morgan fingerprint density at radius 1 is 0.909 bits per heavy atom. The molecule has 2 heterocycles. The first kappa shape index (κ1) is 21.8. The first-order valence-electron chi connectivity index (χ1n) is 11.0. The number of nitrogens with one attached hydrogen (secondary N) is 2. The van der Waals surface area contributed by atoms with Crippen molar-refractivity contribution in [2.24, 2.45) is 0 Å². The SMILES string of the molecule is Cc1ccc(S(=O)(=O)N[C@H]2[C@@H](c3ccccc3)N[C@]3(CCOC3=O)[C@@H]2c2ccccc2)cc1. The van der Waals surface area contributed by atoms with Gasteiger partial charge in [-0.2, -0.15) is 0 Å². The van der Waals surface area contributed by atoms with Gasteiger partial charge in [0.1, 0.15) is 5.54 Å². The third-order valence-corrected chi connectivity index (χ3v) is 8.17. The highest BCUT2D eigenvalue weighted by atomic mass is 32.2. The molecule has 170 valence electrons. The molecule has 0 amide bonds. The van der Waals surface area contributed by atoms with Gasteiger partial charge in [0.2, 0.25) is 10.0 Å². The topological polar surface area (TPSA) is 84.5 Å². The van der Waals surface area contributed by atoms with Gasteiger partial charge in [-0.3, -0.25) is 10.1 Å². The molecule has 7 heteroatoms. The van der Waals surface area contributed by atoms with Crippen LogP contribution < -0.4 is 10.0 Å². The Bertz CT molecular complexity index is 1250. The van der Waals surface area contributed by atoms with Crippen LogP contribution in [0.1, 0.15) is 35.1 Å². The third-order valence-electron chi connectivity index (χ3n) is 6.70. The number of carbonyl (C=O) groups excluding carboxylic acids is 1. The van der Waals surface area contributed by atoms with Gasteiger partial charge < -0.3 is 4.74 Å². The molecule has 0 saturated carbocycles. The Hall–Kier alpha value is -3.00. The minimum Gasteiger partial charge on any atom is -0.464 e. The summed E-state index contributed by atoms with van der Waals surface area (Å²) < 4.78 is 35.4. The molecule has 5 rings (SSSR count). The summed E-state index contributed by atoms with van der Waals surface area (Å²) in [5.41, 5.74) is 1.77. The van der Waals surface area contributed by atoms with Crippen LogP contribution in [0.15, 0.2) is 89.8 Å². The number of rotatable bonds is 5. The molecule has 0 unspecified atom stereocenters. The minimum absolute atomic E-state index is 0.196. The van der Waals surface area contributed by atoms with Crippen molar-refractivity contribution in [1.29, 1.82) is 0 Å². The van der Waals surface area contributed by atoms with Gasteiger partial charge >= 0.3 is 5.97 Å². The summed E-state index contributed by atoms with van der Waals surface area (Å²) in [5, 5.41) is 3.51. The number of cyclic esters (lactones) is 1.